The Hall–Kier alpha value is -1.09. The molecule has 0 atom stereocenters. The number of H-pyrrole nitrogens is 1. The monoisotopic (exact) mass is 278 g/mol. The highest BCUT2D eigenvalue weighted by molar-refractivity contribution is 9.10. The zero-order chi connectivity index (χ0) is 11.7. The Balaban J connectivity index is 2.49. The SMILES string of the molecule is Cc1cccc(-c2n[nH]c(C(C)C)c2Br)c1. The fraction of sp³-hybridized carbons (Fsp3) is 0.308. The second-order valence-electron chi connectivity index (χ2n) is 4.32. The highest BCUT2D eigenvalue weighted by atomic mass is 79.9. The van der Waals surface area contributed by atoms with Crippen molar-refractivity contribution in [1.29, 1.82) is 0 Å². The minimum absolute atomic E-state index is 0.445. The number of aromatic nitrogens is 2. The number of halogens is 1. The summed E-state index contributed by atoms with van der Waals surface area (Å²) in [6.07, 6.45) is 0. The first kappa shape index (κ1) is 11.4. The summed E-state index contributed by atoms with van der Waals surface area (Å²) in [6.45, 7) is 6.39. The average molecular weight is 279 g/mol. The number of hydrogen-bond donors (Lipinski definition) is 1. The highest BCUT2D eigenvalue weighted by Crippen LogP contribution is 2.32. The zero-order valence-corrected chi connectivity index (χ0v) is 11.3. The summed E-state index contributed by atoms with van der Waals surface area (Å²) in [5.74, 6) is 0.445. The van der Waals surface area contributed by atoms with E-state index in [2.05, 4.69) is 71.2 Å². The highest BCUT2D eigenvalue weighted by Gasteiger charge is 2.14. The maximum atomic E-state index is 4.38. The number of benzene rings is 1. The van der Waals surface area contributed by atoms with E-state index in [-0.39, 0.29) is 0 Å². The van der Waals surface area contributed by atoms with E-state index in [1.165, 1.54) is 5.56 Å². The molecule has 0 aliphatic rings. The van der Waals surface area contributed by atoms with Crippen molar-refractivity contribution in [2.75, 3.05) is 0 Å². The maximum absolute atomic E-state index is 4.38. The van der Waals surface area contributed by atoms with Crippen LogP contribution >= 0.6 is 15.9 Å². The van der Waals surface area contributed by atoms with Crippen LogP contribution < -0.4 is 0 Å². The first-order valence-electron chi connectivity index (χ1n) is 5.40. The fourth-order valence-electron chi connectivity index (χ4n) is 1.71. The second kappa shape index (κ2) is 4.42. The number of rotatable bonds is 2. The number of nitrogens with zero attached hydrogens (tertiary/aromatic N) is 1. The van der Waals surface area contributed by atoms with Gasteiger partial charge in [0.2, 0.25) is 0 Å². The maximum Gasteiger partial charge on any atom is 0.107 e. The molecule has 2 aromatic rings. The number of hydrogen-bond acceptors (Lipinski definition) is 1. The molecule has 0 aliphatic heterocycles. The Morgan fingerprint density at radius 1 is 1.31 bits per heavy atom. The molecule has 0 fully saturated rings. The summed E-state index contributed by atoms with van der Waals surface area (Å²) in [4.78, 5) is 0. The van der Waals surface area contributed by atoms with Gasteiger partial charge < -0.3 is 0 Å². The number of aryl methyl sites for hydroxylation is 1. The Kier molecular flexibility index (Phi) is 3.15. The van der Waals surface area contributed by atoms with Gasteiger partial charge in [-0.25, -0.2) is 0 Å². The predicted molar refractivity (Wildman–Crippen MR) is 70.5 cm³/mol. The lowest BCUT2D eigenvalue weighted by atomic mass is 10.1. The normalized spacial score (nSPS) is 11.1. The van der Waals surface area contributed by atoms with Gasteiger partial charge in [-0.05, 0) is 34.8 Å². The Bertz CT molecular complexity index is 500. The molecule has 1 N–H and O–H groups in total. The molecule has 0 saturated heterocycles. The van der Waals surface area contributed by atoms with E-state index in [4.69, 9.17) is 0 Å². The van der Waals surface area contributed by atoms with Crippen LogP contribution in [0.15, 0.2) is 28.7 Å². The van der Waals surface area contributed by atoms with Crippen LogP contribution in [0.1, 0.15) is 31.0 Å². The van der Waals surface area contributed by atoms with Crippen molar-refractivity contribution in [2.24, 2.45) is 0 Å². The number of aromatic amines is 1. The molecule has 2 nitrogen and oxygen atoms in total. The van der Waals surface area contributed by atoms with E-state index in [1.807, 2.05) is 0 Å². The van der Waals surface area contributed by atoms with Gasteiger partial charge in [0, 0.05) is 5.56 Å². The average Bonchev–Trinajstić information content (AvgIpc) is 2.60. The molecule has 0 radical (unpaired) electrons. The lowest BCUT2D eigenvalue weighted by Gasteiger charge is -2.02. The molecule has 1 aromatic carbocycles. The van der Waals surface area contributed by atoms with Crippen LogP contribution in [0, 0.1) is 6.92 Å². The molecule has 84 valence electrons. The van der Waals surface area contributed by atoms with Crippen molar-refractivity contribution in [3.8, 4) is 11.3 Å². The third-order valence-corrected chi connectivity index (χ3v) is 3.40. The molecule has 1 heterocycles. The molecule has 0 saturated carbocycles. The standard InChI is InChI=1S/C13H15BrN2/c1-8(2)12-11(14)13(16-15-12)10-6-4-5-9(3)7-10/h4-8H,1-3H3,(H,15,16). The first-order valence-corrected chi connectivity index (χ1v) is 6.19. The third kappa shape index (κ3) is 2.05. The Morgan fingerprint density at radius 3 is 2.62 bits per heavy atom. The molecular formula is C13H15BrN2. The largest absolute Gasteiger partial charge is 0.281 e. The number of nitrogens with one attached hydrogen (secondary N) is 1. The van der Waals surface area contributed by atoms with Crippen molar-refractivity contribution in [3.63, 3.8) is 0 Å². The van der Waals surface area contributed by atoms with E-state index in [1.54, 1.807) is 0 Å². The van der Waals surface area contributed by atoms with E-state index in [0.717, 1.165) is 21.4 Å². The third-order valence-electron chi connectivity index (χ3n) is 2.60. The quantitative estimate of drug-likeness (QED) is 0.873. The van der Waals surface area contributed by atoms with Crippen molar-refractivity contribution < 1.29 is 0 Å². The van der Waals surface area contributed by atoms with Gasteiger partial charge in [0.25, 0.3) is 0 Å². The van der Waals surface area contributed by atoms with Crippen LogP contribution in [0.2, 0.25) is 0 Å². The summed E-state index contributed by atoms with van der Waals surface area (Å²) in [7, 11) is 0. The molecule has 3 heteroatoms. The van der Waals surface area contributed by atoms with Crippen LogP contribution in [-0.2, 0) is 0 Å². The van der Waals surface area contributed by atoms with Crippen molar-refractivity contribution in [2.45, 2.75) is 26.7 Å². The van der Waals surface area contributed by atoms with Gasteiger partial charge in [0.05, 0.1) is 10.2 Å². The Labute approximate surface area is 104 Å². The fourth-order valence-corrected chi connectivity index (χ4v) is 2.57. The Morgan fingerprint density at radius 2 is 2.06 bits per heavy atom. The lowest BCUT2D eigenvalue weighted by Crippen LogP contribution is -1.87. The molecule has 0 bridgehead atoms. The minimum atomic E-state index is 0.445. The zero-order valence-electron chi connectivity index (χ0n) is 9.71. The summed E-state index contributed by atoms with van der Waals surface area (Å²) < 4.78 is 1.08. The van der Waals surface area contributed by atoms with E-state index >= 15 is 0 Å². The summed E-state index contributed by atoms with van der Waals surface area (Å²) >= 11 is 3.62. The van der Waals surface area contributed by atoms with Crippen LogP contribution in [0.4, 0.5) is 0 Å². The molecular weight excluding hydrogens is 264 g/mol. The molecule has 0 spiro atoms. The van der Waals surface area contributed by atoms with Gasteiger partial charge in [0.1, 0.15) is 5.69 Å². The molecule has 1 aromatic heterocycles. The van der Waals surface area contributed by atoms with Gasteiger partial charge in [-0.15, -0.1) is 0 Å². The van der Waals surface area contributed by atoms with Crippen LogP contribution in [0.3, 0.4) is 0 Å². The first-order chi connectivity index (χ1) is 7.59. The van der Waals surface area contributed by atoms with Crippen LogP contribution in [-0.4, -0.2) is 10.2 Å². The molecule has 0 unspecified atom stereocenters. The van der Waals surface area contributed by atoms with Crippen molar-refractivity contribution >= 4 is 15.9 Å². The lowest BCUT2D eigenvalue weighted by molar-refractivity contribution is 0.807. The van der Waals surface area contributed by atoms with Crippen LogP contribution in [0.5, 0.6) is 0 Å². The van der Waals surface area contributed by atoms with Gasteiger partial charge in [0.15, 0.2) is 0 Å². The summed E-state index contributed by atoms with van der Waals surface area (Å²) in [5, 5.41) is 7.47. The topological polar surface area (TPSA) is 28.7 Å². The molecule has 2 rings (SSSR count). The molecule has 0 aliphatic carbocycles. The van der Waals surface area contributed by atoms with E-state index in [0.29, 0.717) is 5.92 Å². The summed E-state index contributed by atoms with van der Waals surface area (Å²) in [5.41, 5.74) is 4.54. The van der Waals surface area contributed by atoms with Crippen molar-refractivity contribution in [3.05, 3.63) is 40.0 Å². The predicted octanol–water partition coefficient (Wildman–Crippen LogP) is 4.27. The summed E-state index contributed by atoms with van der Waals surface area (Å²) in [6, 6.07) is 8.37. The van der Waals surface area contributed by atoms with Gasteiger partial charge in [-0.3, -0.25) is 5.10 Å². The van der Waals surface area contributed by atoms with Gasteiger partial charge in [-0.2, -0.15) is 5.10 Å². The van der Waals surface area contributed by atoms with Gasteiger partial charge >= 0.3 is 0 Å². The van der Waals surface area contributed by atoms with Gasteiger partial charge in [-0.1, -0.05) is 37.6 Å². The molecule has 16 heavy (non-hydrogen) atoms. The molecule has 0 amide bonds. The van der Waals surface area contributed by atoms with Crippen molar-refractivity contribution in [1.82, 2.24) is 10.2 Å². The second-order valence-corrected chi connectivity index (χ2v) is 5.12. The van der Waals surface area contributed by atoms with Crippen LogP contribution in [0.25, 0.3) is 11.3 Å². The smallest absolute Gasteiger partial charge is 0.107 e. The van der Waals surface area contributed by atoms with E-state index in [9.17, 15) is 0 Å². The minimum Gasteiger partial charge on any atom is -0.281 e. The van der Waals surface area contributed by atoms with E-state index < -0.39 is 0 Å².